The fourth-order valence-electron chi connectivity index (χ4n) is 3.63. The van der Waals surface area contributed by atoms with E-state index in [0.717, 1.165) is 0 Å². The number of carboxylic acid groups (broad SMARTS) is 1. The molecule has 7 nitrogen and oxygen atoms in total. The summed E-state index contributed by atoms with van der Waals surface area (Å²) in [6.45, 7) is 3.63. The average Bonchev–Trinajstić information content (AvgIpc) is 3.08. The van der Waals surface area contributed by atoms with E-state index in [9.17, 15) is 14.4 Å². The lowest BCUT2D eigenvalue weighted by Gasteiger charge is -2.24. The Labute approximate surface area is 197 Å². The van der Waals surface area contributed by atoms with Crippen molar-refractivity contribution in [3.05, 3.63) is 101 Å². The van der Waals surface area contributed by atoms with Gasteiger partial charge in [-0.25, -0.2) is 14.6 Å². The van der Waals surface area contributed by atoms with Crippen molar-refractivity contribution in [2.45, 2.75) is 19.9 Å². The molecular formula is C24H19ClN2O5S. The number of halogens is 1. The van der Waals surface area contributed by atoms with Gasteiger partial charge < -0.3 is 9.84 Å². The third kappa shape index (κ3) is 4.40. The quantitative estimate of drug-likeness (QED) is 0.563. The van der Waals surface area contributed by atoms with Crippen molar-refractivity contribution in [3.63, 3.8) is 0 Å². The van der Waals surface area contributed by atoms with E-state index in [0.29, 0.717) is 36.8 Å². The van der Waals surface area contributed by atoms with Crippen molar-refractivity contribution >= 4 is 41.0 Å². The molecule has 2 aromatic carbocycles. The minimum atomic E-state index is -1.02. The van der Waals surface area contributed by atoms with Crippen LogP contribution in [-0.2, 0) is 9.53 Å². The third-order valence-corrected chi connectivity index (χ3v) is 6.39. The highest BCUT2D eigenvalue weighted by Gasteiger charge is 2.33. The van der Waals surface area contributed by atoms with Crippen LogP contribution in [0.1, 0.15) is 41.4 Å². The first-order valence-corrected chi connectivity index (χ1v) is 11.3. The van der Waals surface area contributed by atoms with E-state index in [1.807, 2.05) is 0 Å². The van der Waals surface area contributed by atoms with Gasteiger partial charge in [0.05, 0.1) is 34.0 Å². The number of aromatic nitrogens is 1. The van der Waals surface area contributed by atoms with Crippen LogP contribution in [0.15, 0.2) is 69.6 Å². The maximum Gasteiger partial charge on any atom is 0.338 e. The number of carbonyl (C=O) groups excluding carboxylic acids is 1. The Kier molecular flexibility index (Phi) is 6.31. The second-order valence-electron chi connectivity index (χ2n) is 7.28. The lowest BCUT2D eigenvalue weighted by Crippen LogP contribution is -2.39. The summed E-state index contributed by atoms with van der Waals surface area (Å²) in [6, 6.07) is 12.5. The van der Waals surface area contributed by atoms with Gasteiger partial charge in [-0.2, -0.15) is 0 Å². The van der Waals surface area contributed by atoms with Crippen LogP contribution in [0.4, 0.5) is 0 Å². The van der Waals surface area contributed by atoms with E-state index < -0.39 is 18.0 Å². The minimum absolute atomic E-state index is 0.158. The maximum atomic E-state index is 13.5. The maximum absolute atomic E-state index is 13.5. The molecule has 1 aromatic heterocycles. The van der Waals surface area contributed by atoms with Gasteiger partial charge in [-0.05, 0) is 55.3 Å². The summed E-state index contributed by atoms with van der Waals surface area (Å²) in [6.07, 6.45) is 1.68. The van der Waals surface area contributed by atoms with Gasteiger partial charge in [-0.15, -0.1) is 0 Å². The highest BCUT2D eigenvalue weighted by Crippen LogP contribution is 2.31. The van der Waals surface area contributed by atoms with Crippen molar-refractivity contribution in [2.75, 3.05) is 6.61 Å². The molecule has 0 saturated carbocycles. The monoisotopic (exact) mass is 482 g/mol. The van der Waals surface area contributed by atoms with Gasteiger partial charge >= 0.3 is 11.9 Å². The Morgan fingerprint density at radius 3 is 2.45 bits per heavy atom. The Morgan fingerprint density at radius 1 is 1.18 bits per heavy atom. The molecule has 0 spiro atoms. The summed E-state index contributed by atoms with van der Waals surface area (Å²) in [7, 11) is 0. The predicted molar refractivity (Wildman–Crippen MR) is 125 cm³/mol. The highest BCUT2D eigenvalue weighted by atomic mass is 35.5. The van der Waals surface area contributed by atoms with Crippen molar-refractivity contribution in [3.8, 4) is 0 Å². The van der Waals surface area contributed by atoms with E-state index in [1.54, 1.807) is 56.3 Å². The molecule has 1 N–H and O–H groups in total. The summed E-state index contributed by atoms with van der Waals surface area (Å²) in [5, 5.41) is 9.62. The standard InChI is InChI=1S/C24H19ClN2O5S/c1-3-32-23(31)19-13(2)26-24-27(20(19)15-8-10-17(25)11-9-15)21(28)18(33-24)12-14-4-6-16(7-5-14)22(29)30/h4-12,20H,3H2,1-2H3,(H,29,30). The van der Waals surface area contributed by atoms with E-state index in [2.05, 4.69) is 4.99 Å². The fraction of sp³-hybridized carbons (Fsp3) is 0.167. The van der Waals surface area contributed by atoms with Crippen LogP contribution in [0.25, 0.3) is 6.08 Å². The van der Waals surface area contributed by atoms with E-state index in [-0.39, 0.29) is 17.7 Å². The number of allylic oxidation sites excluding steroid dienone is 1. The van der Waals surface area contributed by atoms with Gasteiger partial charge in [-0.3, -0.25) is 9.36 Å². The topological polar surface area (TPSA) is 98.0 Å². The second-order valence-corrected chi connectivity index (χ2v) is 8.73. The van der Waals surface area contributed by atoms with Crippen LogP contribution in [0.3, 0.4) is 0 Å². The number of hydrogen-bond donors (Lipinski definition) is 1. The fourth-order valence-corrected chi connectivity index (χ4v) is 4.80. The minimum Gasteiger partial charge on any atom is -0.478 e. The Hall–Kier alpha value is -3.49. The number of nitrogens with zero attached hydrogens (tertiary/aromatic N) is 2. The lowest BCUT2D eigenvalue weighted by molar-refractivity contribution is -0.139. The molecule has 1 aliphatic heterocycles. The first-order valence-electron chi connectivity index (χ1n) is 10.1. The number of esters is 1. The molecule has 0 aliphatic carbocycles. The largest absolute Gasteiger partial charge is 0.478 e. The molecule has 0 radical (unpaired) electrons. The van der Waals surface area contributed by atoms with E-state index in [1.165, 1.54) is 28.0 Å². The zero-order valence-electron chi connectivity index (χ0n) is 17.7. The molecule has 4 rings (SSSR count). The van der Waals surface area contributed by atoms with Gasteiger partial charge in [0.2, 0.25) is 0 Å². The van der Waals surface area contributed by atoms with E-state index >= 15 is 0 Å². The molecule has 9 heteroatoms. The summed E-state index contributed by atoms with van der Waals surface area (Å²) < 4.78 is 7.17. The molecule has 2 heterocycles. The van der Waals surface area contributed by atoms with Gasteiger partial charge in [0.1, 0.15) is 0 Å². The highest BCUT2D eigenvalue weighted by molar-refractivity contribution is 7.07. The van der Waals surface area contributed by atoms with Crippen molar-refractivity contribution in [2.24, 2.45) is 4.99 Å². The number of rotatable bonds is 5. The second kappa shape index (κ2) is 9.17. The molecule has 0 amide bonds. The molecule has 1 unspecified atom stereocenters. The summed E-state index contributed by atoms with van der Waals surface area (Å²) in [4.78, 5) is 42.4. The molecule has 3 aromatic rings. The first kappa shape index (κ1) is 22.7. The molecular weight excluding hydrogens is 464 g/mol. The molecule has 0 bridgehead atoms. The van der Waals surface area contributed by atoms with Crippen LogP contribution in [-0.4, -0.2) is 28.2 Å². The Morgan fingerprint density at radius 2 is 1.85 bits per heavy atom. The molecule has 33 heavy (non-hydrogen) atoms. The molecule has 1 aliphatic rings. The van der Waals surface area contributed by atoms with Crippen molar-refractivity contribution in [1.29, 1.82) is 0 Å². The zero-order chi connectivity index (χ0) is 23.7. The number of carboxylic acids is 1. The normalized spacial score (nSPS) is 15.7. The molecule has 1 atom stereocenters. The Bertz CT molecular complexity index is 1450. The smallest absolute Gasteiger partial charge is 0.338 e. The van der Waals surface area contributed by atoms with Crippen molar-refractivity contribution in [1.82, 2.24) is 4.57 Å². The number of ether oxygens (including phenoxy) is 1. The summed E-state index contributed by atoms with van der Waals surface area (Å²) in [5.74, 6) is -1.55. The molecule has 168 valence electrons. The first-order chi connectivity index (χ1) is 15.8. The van der Waals surface area contributed by atoms with Gasteiger partial charge in [0, 0.05) is 5.02 Å². The van der Waals surface area contributed by atoms with Crippen LogP contribution in [0.5, 0.6) is 0 Å². The number of hydrogen-bond acceptors (Lipinski definition) is 6. The van der Waals surface area contributed by atoms with Crippen molar-refractivity contribution < 1.29 is 19.4 Å². The molecule has 0 saturated heterocycles. The van der Waals surface area contributed by atoms with Crippen LogP contribution >= 0.6 is 22.9 Å². The van der Waals surface area contributed by atoms with Crippen LogP contribution in [0.2, 0.25) is 5.02 Å². The molecule has 0 fully saturated rings. The van der Waals surface area contributed by atoms with E-state index in [4.69, 9.17) is 21.4 Å². The lowest BCUT2D eigenvalue weighted by atomic mass is 9.96. The average molecular weight is 483 g/mol. The van der Waals surface area contributed by atoms with Gasteiger partial charge in [-0.1, -0.05) is 47.2 Å². The summed E-state index contributed by atoms with van der Waals surface area (Å²) in [5.41, 5.74) is 2.00. The number of carbonyl (C=O) groups is 2. The Balaban J connectivity index is 1.90. The third-order valence-electron chi connectivity index (χ3n) is 5.16. The van der Waals surface area contributed by atoms with Crippen LogP contribution < -0.4 is 14.9 Å². The zero-order valence-corrected chi connectivity index (χ0v) is 19.3. The number of aromatic carboxylic acids is 1. The number of benzene rings is 2. The number of thiazole rings is 1. The van der Waals surface area contributed by atoms with Gasteiger partial charge in [0.25, 0.3) is 5.56 Å². The van der Waals surface area contributed by atoms with Crippen LogP contribution in [0, 0.1) is 0 Å². The van der Waals surface area contributed by atoms with Gasteiger partial charge in [0.15, 0.2) is 4.80 Å². The predicted octanol–water partition coefficient (Wildman–Crippen LogP) is 3.15. The summed E-state index contributed by atoms with van der Waals surface area (Å²) >= 11 is 7.25. The SMILES string of the molecule is CCOC(=O)C1=C(C)N=c2sc(=Cc3ccc(C(=O)O)cc3)c(=O)n2C1c1ccc(Cl)cc1. The number of fused-ring (bicyclic) bond motifs is 1.